The van der Waals surface area contributed by atoms with Crippen LogP contribution in [-0.2, 0) is 11.9 Å². The SMILES string of the molecule is FC(F)(F)c1ccc(-n2nnnc2CSc2ncc3ccccn23)cc1. The smallest absolute Gasteiger partial charge is 0.295 e. The molecule has 0 bridgehead atoms. The summed E-state index contributed by atoms with van der Waals surface area (Å²) in [4.78, 5) is 4.36. The lowest BCUT2D eigenvalue weighted by Gasteiger charge is -2.08. The number of alkyl halides is 3. The highest BCUT2D eigenvalue weighted by Crippen LogP contribution is 2.30. The van der Waals surface area contributed by atoms with Crippen LogP contribution in [0, 0.1) is 0 Å². The van der Waals surface area contributed by atoms with Gasteiger partial charge in [-0.3, -0.25) is 4.40 Å². The lowest BCUT2D eigenvalue weighted by Crippen LogP contribution is -2.06. The Labute approximate surface area is 149 Å². The molecular weight excluding hydrogens is 365 g/mol. The molecule has 0 spiro atoms. The van der Waals surface area contributed by atoms with Gasteiger partial charge >= 0.3 is 6.18 Å². The highest BCUT2D eigenvalue weighted by molar-refractivity contribution is 7.98. The highest BCUT2D eigenvalue weighted by Gasteiger charge is 2.30. The topological polar surface area (TPSA) is 60.9 Å². The van der Waals surface area contributed by atoms with Gasteiger partial charge in [-0.05, 0) is 46.8 Å². The molecule has 0 radical (unpaired) electrons. The maximum atomic E-state index is 12.7. The van der Waals surface area contributed by atoms with Crippen molar-refractivity contribution >= 4 is 17.3 Å². The molecule has 3 heterocycles. The van der Waals surface area contributed by atoms with E-state index in [0.717, 1.165) is 22.8 Å². The molecule has 0 aliphatic heterocycles. The second-order valence-corrected chi connectivity index (χ2v) is 6.32. The first-order chi connectivity index (χ1) is 12.5. The van der Waals surface area contributed by atoms with Crippen LogP contribution in [0.15, 0.2) is 60.0 Å². The number of nitrogens with zero attached hydrogens (tertiary/aromatic N) is 6. The average Bonchev–Trinajstić information content (AvgIpc) is 3.26. The van der Waals surface area contributed by atoms with Gasteiger partial charge in [0.15, 0.2) is 11.0 Å². The largest absolute Gasteiger partial charge is 0.416 e. The molecule has 0 saturated heterocycles. The van der Waals surface area contributed by atoms with Crippen molar-refractivity contribution in [3.63, 3.8) is 0 Å². The second kappa shape index (κ2) is 6.45. The second-order valence-electron chi connectivity index (χ2n) is 5.38. The Morgan fingerprint density at radius 2 is 1.85 bits per heavy atom. The van der Waals surface area contributed by atoms with Crippen LogP contribution in [0.25, 0.3) is 11.2 Å². The van der Waals surface area contributed by atoms with Crippen molar-refractivity contribution in [2.45, 2.75) is 17.1 Å². The monoisotopic (exact) mass is 376 g/mol. The number of tetrazole rings is 1. The summed E-state index contributed by atoms with van der Waals surface area (Å²) in [5, 5.41) is 12.3. The maximum absolute atomic E-state index is 12.7. The van der Waals surface area contributed by atoms with Crippen molar-refractivity contribution in [2.24, 2.45) is 0 Å². The summed E-state index contributed by atoms with van der Waals surface area (Å²) in [5.74, 6) is 0.935. The van der Waals surface area contributed by atoms with Gasteiger partial charge in [0, 0.05) is 6.20 Å². The van der Waals surface area contributed by atoms with E-state index < -0.39 is 11.7 Å². The molecule has 0 aliphatic rings. The minimum atomic E-state index is -4.38. The number of hydrogen-bond acceptors (Lipinski definition) is 5. The standard InChI is InChI=1S/C16H11F3N6S/c17-16(18,19)11-4-6-12(7-5-11)25-14(21-22-23-25)10-26-15-20-9-13-3-1-2-8-24(13)15/h1-9H,10H2. The van der Waals surface area contributed by atoms with Crippen molar-refractivity contribution in [1.82, 2.24) is 29.6 Å². The normalized spacial score (nSPS) is 12.0. The molecule has 4 aromatic rings. The number of rotatable bonds is 4. The van der Waals surface area contributed by atoms with Crippen LogP contribution < -0.4 is 0 Å². The van der Waals surface area contributed by atoms with Crippen LogP contribution in [0.2, 0.25) is 0 Å². The van der Waals surface area contributed by atoms with Crippen LogP contribution in [0.1, 0.15) is 11.4 Å². The Balaban J connectivity index is 1.55. The summed E-state index contributed by atoms with van der Waals surface area (Å²) in [6, 6.07) is 10.5. The first kappa shape index (κ1) is 16.6. The Kier molecular flexibility index (Phi) is 4.11. The van der Waals surface area contributed by atoms with Gasteiger partial charge in [-0.1, -0.05) is 17.8 Å². The number of fused-ring (bicyclic) bond motifs is 1. The Morgan fingerprint density at radius 3 is 2.62 bits per heavy atom. The first-order valence-corrected chi connectivity index (χ1v) is 8.51. The van der Waals surface area contributed by atoms with Crippen LogP contribution in [0.4, 0.5) is 13.2 Å². The zero-order valence-electron chi connectivity index (χ0n) is 13.1. The van der Waals surface area contributed by atoms with E-state index in [1.165, 1.54) is 28.6 Å². The van der Waals surface area contributed by atoms with E-state index in [9.17, 15) is 13.2 Å². The Morgan fingerprint density at radius 1 is 1.04 bits per heavy atom. The Bertz CT molecular complexity index is 1040. The van der Waals surface area contributed by atoms with Crippen LogP contribution in [-0.4, -0.2) is 29.6 Å². The van der Waals surface area contributed by atoms with Crippen molar-refractivity contribution in [3.8, 4) is 5.69 Å². The van der Waals surface area contributed by atoms with E-state index in [4.69, 9.17) is 0 Å². The molecule has 0 aliphatic carbocycles. The lowest BCUT2D eigenvalue weighted by atomic mass is 10.2. The molecule has 1 aromatic carbocycles. The molecule has 4 rings (SSSR count). The van der Waals surface area contributed by atoms with Crippen molar-refractivity contribution < 1.29 is 13.2 Å². The third-order valence-electron chi connectivity index (χ3n) is 3.71. The van der Waals surface area contributed by atoms with Gasteiger partial charge in [0.05, 0.1) is 28.7 Å². The number of imidazole rings is 1. The van der Waals surface area contributed by atoms with E-state index >= 15 is 0 Å². The van der Waals surface area contributed by atoms with Gasteiger partial charge in [0.25, 0.3) is 0 Å². The van der Waals surface area contributed by atoms with E-state index in [0.29, 0.717) is 17.3 Å². The fourth-order valence-corrected chi connectivity index (χ4v) is 3.31. The number of benzene rings is 1. The van der Waals surface area contributed by atoms with Gasteiger partial charge in [-0.15, -0.1) is 5.10 Å². The van der Waals surface area contributed by atoms with Crippen LogP contribution >= 0.6 is 11.8 Å². The minimum absolute atomic E-state index is 0.419. The molecule has 0 amide bonds. The fraction of sp³-hybridized carbons (Fsp3) is 0.125. The van der Waals surface area contributed by atoms with Gasteiger partial charge in [0.1, 0.15) is 0 Å². The number of halogens is 3. The quantitative estimate of drug-likeness (QED) is 0.509. The van der Waals surface area contributed by atoms with Crippen LogP contribution in [0.3, 0.4) is 0 Å². The predicted octanol–water partition coefficient (Wildman–Crippen LogP) is 3.62. The number of thioether (sulfide) groups is 1. The molecule has 132 valence electrons. The van der Waals surface area contributed by atoms with Crippen molar-refractivity contribution in [3.05, 3.63) is 66.2 Å². The summed E-state index contributed by atoms with van der Waals surface area (Å²) in [7, 11) is 0. The molecule has 10 heteroatoms. The van der Waals surface area contributed by atoms with Gasteiger partial charge in [-0.2, -0.15) is 17.9 Å². The third-order valence-corrected chi connectivity index (χ3v) is 4.67. The molecule has 0 unspecified atom stereocenters. The summed E-state index contributed by atoms with van der Waals surface area (Å²) in [6.45, 7) is 0. The molecule has 0 N–H and O–H groups in total. The number of hydrogen-bond donors (Lipinski definition) is 0. The van der Waals surface area contributed by atoms with Crippen molar-refractivity contribution in [1.29, 1.82) is 0 Å². The van der Waals surface area contributed by atoms with E-state index in [1.807, 2.05) is 28.8 Å². The highest BCUT2D eigenvalue weighted by atomic mass is 32.2. The fourth-order valence-electron chi connectivity index (χ4n) is 2.44. The molecular formula is C16H11F3N6S. The summed E-state index contributed by atoms with van der Waals surface area (Å²) in [5.41, 5.74) is 0.720. The van der Waals surface area contributed by atoms with Crippen LogP contribution in [0.5, 0.6) is 0 Å². The van der Waals surface area contributed by atoms with E-state index in [-0.39, 0.29) is 0 Å². The van der Waals surface area contributed by atoms with E-state index in [1.54, 1.807) is 6.20 Å². The number of pyridine rings is 1. The zero-order valence-corrected chi connectivity index (χ0v) is 13.9. The molecule has 0 saturated carbocycles. The minimum Gasteiger partial charge on any atom is -0.295 e. The summed E-state index contributed by atoms with van der Waals surface area (Å²) < 4.78 is 41.4. The zero-order chi connectivity index (χ0) is 18.1. The molecule has 0 atom stereocenters. The molecule has 26 heavy (non-hydrogen) atoms. The maximum Gasteiger partial charge on any atom is 0.416 e. The lowest BCUT2D eigenvalue weighted by molar-refractivity contribution is -0.137. The summed E-state index contributed by atoms with van der Waals surface area (Å²) in [6.07, 6.45) is -0.704. The Hall–Kier alpha value is -2.88. The van der Waals surface area contributed by atoms with Gasteiger partial charge in [-0.25, -0.2) is 4.98 Å². The van der Waals surface area contributed by atoms with Gasteiger partial charge in [0.2, 0.25) is 0 Å². The number of aromatic nitrogens is 6. The molecule has 0 fully saturated rings. The predicted molar refractivity (Wildman–Crippen MR) is 88.9 cm³/mol. The summed E-state index contributed by atoms with van der Waals surface area (Å²) >= 11 is 1.44. The average molecular weight is 376 g/mol. The third kappa shape index (κ3) is 3.15. The van der Waals surface area contributed by atoms with Crippen molar-refractivity contribution in [2.75, 3.05) is 0 Å². The first-order valence-electron chi connectivity index (χ1n) is 7.52. The molecule has 6 nitrogen and oxygen atoms in total. The van der Waals surface area contributed by atoms with E-state index in [2.05, 4.69) is 20.5 Å². The molecule has 3 aromatic heterocycles. The van der Waals surface area contributed by atoms with Gasteiger partial charge < -0.3 is 0 Å².